The van der Waals surface area contributed by atoms with E-state index < -0.39 is 0 Å². The number of benzene rings is 12. The number of hydrogen-bond acceptors (Lipinski definition) is 0. The highest BCUT2D eigenvalue weighted by Gasteiger charge is 2.06. The van der Waals surface area contributed by atoms with Crippen molar-refractivity contribution >= 4 is 43.4 Å². The molecule has 0 aliphatic rings. The van der Waals surface area contributed by atoms with Gasteiger partial charge in [0.25, 0.3) is 0 Å². The average Bonchev–Trinajstić information content (AvgIpc) is 3.83. The zero-order chi connectivity index (χ0) is 58.5. The van der Waals surface area contributed by atoms with Crippen molar-refractivity contribution in [3.63, 3.8) is 0 Å². The quantitative estimate of drug-likeness (QED) is 0.152. The second kappa shape index (κ2) is 30.0. The summed E-state index contributed by atoms with van der Waals surface area (Å²) in [6.45, 7) is 25.6. The molecule has 412 valence electrons. The predicted octanol–water partition coefficient (Wildman–Crippen LogP) is 22.8. The molecule has 0 amide bonds. The first kappa shape index (κ1) is 60.6. The van der Waals surface area contributed by atoms with Crippen molar-refractivity contribution in [3.05, 3.63) is 334 Å². The molecule has 0 saturated heterocycles. The van der Waals surface area contributed by atoms with Crippen LogP contribution in [0.25, 0.3) is 65.6 Å². The van der Waals surface area contributed by atoms with E-state index in [2.05, 4.69) is 362 Å². The standard InChI is InChI=1S/C19H16.C15H12.C13H11N.2C9H12.2C8H10/c1-15-12-18(16-8-4-2-5-9-16)14-19(13-15)17-10-6-3-7-11-17;1-11-10-12-6-2-3-8-14(12)15-9-5-4-7-13(11)15;1-14-12-8-4-2-6-10(12)11-7-3-5-9-13(11)14;1-7-4-8(2)6-9(3)5-7;1-7-5-4-6-8(2)9(7)3;1-7-4-3-5-8(2)6-7;1-7-5-3-4-6-8(7)2/h2-14H,1H3;2-10H,1H3;2-9H,1H3;2*4-6H,1-3H3;2*3-6H,1-2H3. The van der Waals surface area contributed by atoms with Gasteiger partial charge in [0.1, 0.15) is 0 Å². The van der Waals surface area contributed by atoms with Crippen molar-refractivity contribution in [2.45, 2.75) is 83.1 Å². The van der Waals surface area contributed by atoms with E-state index in [-0.39, 0.29) is 0 Å². The van der Waals surface area contributed by atoms with Crippen LogP contribution < -0.4 is 0 Å². The zero-order valence-corrected chi connectivity index (χ0v) is 50.9. The van der Waals surface area contributed by atoms with Crippen molar-refractivity contribution in [2.75, 3.05) is 0 Å². The fraction of sp³-hybridized carbons (Fsp3) is 0.160. The smallest absolute Gasteiger partial charge is 0.0488 e. The lowest BCUT2D eigenvalue weighted by molar-refractivity contribution is 1.01. The molecule has 0 unspecified atom stereocenters. The summed E-state index contributed by atoms with van der Waals surface area (Å²) in [6, 6.07) is 94.0. The van der Waals surface area contributed by atoms with Crippen LogP contribution in [0.1, 0.15) is 66.8 Å². The van der Waals surface area contributed by atoms with Crippen LogP contribution in [0.15, 0.2) is 267 Å². The normalized spacial score (nSPS) is 10.3. The van der Waals surface area contributed by atoms with Crippen LogP contribution in [0.3, 0.4) is 0 Å². The molecule has 0 spiro atoms. The van der Waals surface area contributed by atoms with Crippen LogP contribution in [0, 0.1) is 83.1 Å². The minimum absolute atomic E-state index is 1.27. The van der Waals surface area contributed by atoms with Crippen molar-refractivity contribution < 1.29 is 0 Å². The molecule has 0 N–H and O–H groups in total. The van der Waals surface area contributed by atoms with Gasteiger partial charge in [-0.3, -0.25) is 0 Å². The molecule has 0 bridgehead atoms. The molecule has 82 heavy (non-hydrogen) atoms. The third kappa shape index (κ3) is 17.2. The van der Waals surface area contributed by atoms with Gasteiger partial charge in [-0.2, -0.15) is 0 Å². The molecular weight excluding hydrogens is 987 g/mol. The lowest BCUT2D eigenvalue weighted by Gasteiger charge is -2.08. The van der Waals surface area contributed by atoms with Crippen molar-refractivity contribution in [1.29, 1.82) is 0 Å². The second-order valence-corrected chi connectivity index (χ2v) is 21.8. The summed E-state index contributed by atoms with van der Waals surface area (Å²) in [5.74, 6) is 0. The van der Waals surface area contributed by atoms with Gasteiger partial charge in [-0.05, 0) is 184 Å². The molecule has 0 radical (unpaired) electrons. The molecular formula is C81H83N. The Hall–Kier alpha value is -9.04. The van der Waals surface area contributed by atoms with Gasteiger partial charge in [0.15, 0.2) is 0 Å². The summed E-state index contributed by atoms with van der Waals surface area (Å²) in [4.78, 5) is 0. The van der Waals surface area contributed by atoms with E-state index in [0.717, 1.165) is 0 Å². The molecule has 1 nitrogen and oxygen atoms in total. The fourth-order valence-corrected chi connectivity index (χ4v) is 10.3. The van der Waals surface area contributed by atoms with Crippen molar-refractivity contribution in [2.24, 2.45) is 7.05 Å². The van der Waals surface area contributed by atoms with Crippen LogP contribution in [0.2, 0.25) is 0 Å². The molecule has 0 saturated carbocycles. The summed E-state index contributed by atoms with van der Waals surface area (Å²) in [5, 5.41) is 8.06. The number of aromatic nitrogens is 1. The lowest BCUT2D eigenvalue weighted by Crippen LogP contribution is -1.84. The highest BCUT2D eigenvalue weighted by Crippen LogP contribution is 2.30. The van der Waals surface area contributed by atoms with E-state index in [1.807, 2.05) is 0 Å². The second-order valence-electron chi connectivity index (χ2n) is 21.8. The monoisotopic (exact) mass is 1070 g/mol. The van der Waals surface area contributed by atoms with Crippen LogP contribution in [0.5, 0.6) is 0 Å². The highest BCUT2D eigenvalue weighted by atomic mass is 14.9. The van der Waals surface area contributed by atoms with Gasteiger partial charge < -0.3 is 4.57 Å². The summed E-state index contributed by atoms with van der Waals surface area (Å²) >= 11 is 0. The van der Waals surface area contributed by atoms with E-state index in [1.54, 1.807) is 0 Å². The molecule has 1 heterocycles. The first-order valence-corrected chi connectivity index (χ1v) is 28.7. The lowest BCUT2D eigenvalue weighted by atomic mass is 9.97. The Labute approximate surface area is 491 Å². The van der Waals surface area contributed by atoms with Gasteiger partial charge in [-0.25, -0.2) is 0 Å². The Kier molecular flexibility index (Phi) is 22.1. The Bertz CT molecular complexity index is 3900. The van der Waals surface area contributed by atoms with Gasteiger partial charge in [0.05, 0.1) is 0 Å². The van der Waals surface area contributed by atoms with Crippen LogP contribution >= 0.6 is 0 Å². The number of nitrogens with zero attached hydrogens (tertiary/aromatic N) is 1. The SMILES string of the molecule is Cc1cc(-c2ccccc2)cc(-c2ccccc2)c1.Cc1cc(C)cc(C)c1.Cc1cc2ccccc2c2ccccc12.Cc1cccc(C)c1.Cc1cccc(C)c1C.Cc1ccccc1C.Cn1c2ccccc2c2ccccc21. The average molecular weight is 1070 g/mol. The Balaban J connectivity index is 0.000000141. The Morgan fingerprint density at radius 1 is 0.207 bits per heavy atom. The Morgan fingerprint density at radius 2 is 0.549 bits per heavy atom. The zero-order valence-electron chi connectivity index (χ0n) is 50.9. The van der Waals surface area contributed by atoms with Crippen LogP contribution in [-0.2, 0) is 7.05 Å². The topological polar surface area (TPSA) is 4.93 Å². The molecule has 1 heteroatoms. The molecule has 12 aromatic carbocycles. The maximum absolute atomic E-state index is 2.26. The summed E-state index contributed by atoms with van der Waals surface area (Å²) in [5.41, 5.74) is 24.0. The molecule has 0 aliphatic carbocycles. The number of hydrogen-bond donors (Lipinski definition) is 0. The minimum Gasteiger partial charge on any atom is -0.344 e. The largest absolute Gasteiger partial charge is 0.344 e. The van der Waals surface area contributed by atoms with Crippen molar-refractivity contribution in [1.82, 2.24) is 4.57 Å². The van der Waals surface area contributed by atoms with Gasteiger partial charge in [0, 0.05) is 28.9 Å². The van der Waals surface area contributed by atoms with Crippen molar-refractivity contribution in [3.8, 4) is 22.3 Å². The third-order valence-corrected chi connectivity index (χ3v) is 14.9. The van der Waals surface area contributed by atoms with Crippen LogP contribution in [0.4, 0.5) is 0 Å². The number of rotatable bonds is 2. The number of aryl methyl sites for hydroxylation is 12. The summed E-state index contributed by atoms with van der Waals surface area (Å²) in [6.07, 6.45) is 0. The van der Waals surface area contributed by atoms with E-state index in [0.29, 0.717) is 0 Å². The summed E-state index contributed by atoms with van der Waals surface area (Å²) in [7, 11) is 2.12. The Morgan fingerprint density at radius 3 is 0.976 bits per heavy atom. The minimum atomic E-state index is 1.27. The predicted molar refractivity (Wildman–Crippen MR) is 362 cm³/mol. The van der Waals surface area contributed by atoms with Crippen LogP contribution in [-0.4, -0.2) is 4.57 Å². The maximum atomic E-state index is 2.26. The third-order valence-electron chi connectivity index (χ3n) is 14.9. The fourth-order valence-electron chi connectivity index (χ4n) is 10.3. The summed E-state index contributed by atoms with van der Waals surface area (Å²) < 4.78 is 2.24. The van der Waals surface area contributed by atoms with E-state index in [1.165, 1.54) is 132 Å². The highest BCUT2D eigenvalue weighted by molar-refractivity contribution is 6.09. The first-order chi connectivity index (χ1) is 39.6. The molecule has 0 atom stereocenters. The number of fused-ring (bicyclic) bond motifs is 6. The molecule has 13 aromatic rings. The van der Waals surface area contributed by atoms with Gasteiger partial charge in [-0.15, -0.1) is 0 Å². The van der Waals surface area contributed by atoms with E-state index in [9.17, 15) is 0 Å². The van der Waals surface area contributed by atoms with Gasteiger partial charge in [0.2, 0.25) is 0 Å². The molecule has 13 rings (SSSR count). The van der Waals surface area contributed by atoms with E-state index in [4.69, 9.17) is 0 Å². The first-order valence-electron chi connectivity index (χ1n) is 28.7. The maximum Gasteiger partial charge on any atom is 0.0488 e. The van der Waals surface area contributed by atoms with Gasteiger partial charge in [-0.1, -0.05) is 277 Å². The molecule has 0 aliphatic heterocycles. The number of para-hydroxylation sites is 2. The molecule has 0 fully saturated rings. The van der Waals surface area contributed by atoms with Gasteiger partial charge >= 0.3 is 0 Å². The molecule has 1 aromatic heterocycles. The van der Waals surface area contributed by atoms with E-state index >= 15 is 0 Å².